The van der Waals surface area contributed by atoms with Crippen LogP contribution in [0.3, 0.4) is 0 Å². The number of carbonyl (C=O) groups excluding carboxylic acids is 1. The summed E-state index contributed by atoms with van der Waals surface area (Å²) >= 11 is 0. The Morgan fingerprint density at radius 2 is 1.94 bits per heavy atom. The van der Waals surface area contributed by atoms with E-state index in [-0.39, 0.29) is 5.57 Å². The molecule has 0 heterocycles. The van der Waals surface area contributed by atoms with Gasteiger partial charge in [0.15, 0.2) is 0 Å². The van der Waals surface area contributed by atoms with E-state index in [2.05, 4.69) is 5.32 Å². The fourth-order valence-electron chi connectivity index (χ4n) is 1.06. The minimum absolute atomic E-state index is 0.0840. The van der Waals surface area contributed by atoms with Crippen LogP contribution in [0.1, 0.15) is 10.4 Å². The number of hydrogen-bond acceptors (Lipinski definition) is 4. The standard InChI is InChI=1S/C11H8N4O/c12-5-8(6-13)7-15-10-4-2-1-3-9(10)11(14)16/h1-4,7,15H,(H2,14,16). The predicted octanol–water partition coefficient (Wildman–Crippen LogP) is 1.13. The van der Waals surface area contributed by atoms with Crippen LogP contribution < -0.4 is 11.1 Å². The van der Waals surface area contributed by atoms with Gasteiger partial charge in [-0.3, -0.25) is 4.79 Å². The van der Waals surface area contributed by atoms with E-state index in [1.807, 2.05) is 0 Å². The van der Waals surface area contributed by atoms with Gasteiger partial charge in [0.05, 0.1) is 11.3 Å². The van der Waals surface area contributed by atoms with Gasteiger partial charge in [0.2, 0.25) is 0 Å². The molecule has 16 heavy (non-hydrogen) atoms. The van der Waals surface area contributed by atoms with Crippen molar-refractivity contribution in [2.45, 2.75) is 0 Å². The van der Waals surface area contributed by atoms with E-state index in [9.17, 15) is 4.79 Å². The first-order valence-corrected chi connectivity index (χ1v) is 4.34. The fraction of sp³-hybridized carbons (Fsp3) is 0. The highest BCUT2D eigenvalue weighted by Gasteiger charge is 2.05. The average molecular weight is 212 g/mol. The number of rotatable bonds is 3. The molecule has 0 aliphatic heterocycles. The maximum absolute atomic E-state index is 11.0. The normalized spacial score (nSPS) is 8.38. The molecule has 0 radical (unpaired) electrons. The van der Waals surface area contributed by atoms with Crippen LogP contribution in [0, 0.1) is 22.7 Å². The molecule has 0 saturated heterocycles. The topological polar surface area (TPSA) is 103 Å². The Bertz CT molecular complexity index is 504. The summed E-state index contributed by atoms with van der Waals surface area (Å²) in [5, 5.41) is 19.7. The molecule has 0 spiro atoms. The first-order chi connectivity index (χ1) is 7.69. The molecule has 5 nitrogen and oxygen atoms in total. The molecule has 0 aromatic heterocycles. The Labute approximate surface area is 92.4 Å². The first kappa shape index (κ1) is 11.3. The van der Waals surface area contributed by atoms with E-state index in [4.69, 9.17) is 16.3 Å². The number of benzene rings is 1. The Balaban J connectivity index is 3.00. The molecule has 0 aliphatic carbocycles. The van der Waals surface area contributed by atoms with Crippen molar-refractivity contribution < 1.29 is 4.79 Å². The second-order valence-corrected chi connectivity index (χ2v) is 2.84. The minimum Gasteiger partial charge on any atom is -0.366 e. The first-order valence-electron chi connectivity index (χ1n) is 4.34. The summed E-state index contributed by atoms with van der Waals surface area (Å²) in [5.41, 5.74) is 5.83. The lowest BCUT2D eigenvalue weighted by molar-refractivity contribution is 0.100. The number of nitrogens with two attached hydrogens (primary N) is 1. The Kier molecular flexibility index (Phi) is 3.65. The van der Waals surface area contributed by atoms with Crippen molar-refractivity contribution in [2.24, 2.45) is 5.73 Å². The second-order valence-electron chi connectivity index (χ2n) is 2.84. The van der Waals surface area contributed by atoms with E-state index in [1.165, 1.54) is 6.20 Å². The van der Waals surface area contributed by atoms with Crippen LogP contribution in [0.25, 0.3) is 0 Å². The Hall–Kier alpha value is -2.79. The highest BCUT2D eigenvalue weighted by molar-refractivity contribution is 5.98. The van der Waals surface area contributed by atoms with E-state index in [0.717, 1.165) is 0 Å². The number of para-hydroxylation sites is 1. The van der Waals surface area contributed by atoms with E-state index in [0.29, 0.717) is 11.3 Å². The highest BCUT2D eigenvalue weighted by atomic mass is 16.1. The van der Waals surface area contributed by atoms with Crippen LogP contribution >= 0.6 is 0 Å². The Morgan fingerprint density at radius 1 is 1.31 bits per heavy atom. The summed E-state index contributed by atoms with van der Waals surface area (Å²) in [4.78, 5) is 11.0. The van der Waals surface area contributed by atoms with Crippen molar-refractivity contribution in [1.82, 2.24) is 0 Å². The maximum atomic E-state index is 11.0. The van der Waals surface area contributed by atoms with Gasteiger partial charge in [-0.2, -0.15) is 10.5 Å². The van der Waals surface area contributed by atoms with E-state index >= 15 is 0 Å². The molecule has 0 saturated carbocycles. The zero-order valence-corrected chi connectivity index (χ0v) is 8.27. The number of nitrogens with one attached hydrogen (secondary N) is 1. The molecule has 0 bridgehead atoms. The molecule has 78 valence electrons. The number of anilines is 1. The van der Waals surface area contributed by atoms with Gasteiger partial charge in [-0.1, -0.05) is 12.1 Å². The lowest BCUT2D eigenvalue weighted by Gasteiger charge is -2.05. The van der Waals surface area contributed by atoms with Crippen molar-refractivity contribution in [3.8, 4) is 12.1 Å². The summed E-state index contributed by atoms with van der Waals surface area (Å²) in [5.74, 6) is -0.577. The number of amides is 1. The van der Waals surface area contributed by atoms with Gasteiger partial charge < -0.3 is 11.1 Å². The van der Waals surface area contributed by atoms with E-state index in [1.54, 1.807) is 36.4 Å². The van der Waals surface area contributed by atoms with Crippen molar-refractivity contribution >= 4 is 11.6 Å². The zero-order chi connectivity index (χ0) is 12.0. The molecule has 0 fully saturated rings. The second kappa shape index (κ2) is 5.18. The summed E-state index contributed by atoms with van der Waals surface area (Å²) in [6.07, 6.45) is 1.22. The molecule has 1 amide bonds. The quantitative estimate of drug-likeness (QED) is 0.733. The number of primary amides is 1. The SMILES string of the molecule is N#CC(C#N)=CNc1ccccc1C(N)=O. The van der Waals surface area contributed by atoms with Gasteiger partial charge in [-0.15, -0.1) is 0 Å². The molecular formula is C11H8N4O. The monoisotopic (exact) mass is 212 g/mol. The molecule has 0 atom stereocenters. The van der Waals surface area contributed by atoms with Crippen molar-refractivity contribution in [2.75, 3.05) is 5.32 Å². The van der Waals surface area contributed by atoms with Gasteiger partial charge in [0.1, 0.15) is 17.7 Å². The van der Waals surface area contributed by atoms with Crippen molar-refractivity contribution in [3.63, 3.8) is 0 Å². The summed E-state index contributed by atoms with van der Waals surface area (Å²) in [6, 6.07) is 9.94. The number of allylic oxidation sites excluding steroid dienone is 1. The lowest BCUT2D eigenvalue weighted by Crippen LogP contribution is -2.13. The highest BCUT2D eigenvalue weighted by Crippen LogP contribution is 2.14. The van der Waals surface area contributed by atoms with Crippen LogP contribution in [0.4, 0.5) is 5.69 Å². The van der Waals surface area contributed by atoms with Crippen LogP contribution in [-0.2, 0) is 0 Å². The smallest absolute Gasteiger partial charge is 0.250 e. The van der Waals surface area contributed by atoms with Gasteiger partial charge in [-0.25, -0.2) is 0 Å². The third kappa shape index (κ3) is 2.60. The number of carbonyl (C=O) groups is 1. The molecule has 5 heteroatoms. The lowest BCUT2D eigenvalue weighted by atomic mass is 10.1. The third-order valence-electron chi connectivity index (χ3n) is 1.81. The molecule has 1 aromatic carbocycles. The molecular weight excluding hydrogens is 204 g/mol. The van der Waals surface area contributed by atoms with Crippen LogP contribution in [0.15, 0.2) is 36.0 Å². The largest absolute Gasteiger partial charge is 0.366 e. The summed E-state index contributed by atoms with van der Waals surface area (Å²) < 4.78 is 0. The number of hydrogen-bond donors (Lipinski definition) is 2. The fourth-order valence-corrected chi connectivity index (χ4v) is 1.06. The zero-order valence-electron chi connectivity index (χ0n) is 8.27. The van der Waals surface area contributed by atoms with Gasteiger partial charge >= 0.3 is 0 Å². The van der Waals surface area contributed by atoms with Crippen LogP contribution in [0.5, 0.6) is 0 Å². The average Bonchev–Trinajstić information content (AvgIpc) is 2.30. The maximum Gasteiger partial charge on any atom is 0.250 e. The predicted molar refractivity (Wildman–Crippen MR) is 57.9 cm³/mol. The minimum atomic E-state index is -0.577. The number of nitriles is 2. The van der Waals surface area contributed by atoms with Crippen molar-refractivity contribution in [3.05, 3.63) is 41.6 Å². The van der Waals surface area contributed by atoms with Crippen LogP contribution in [0.2, 0.25) is 0 Å². The van der Waals surface area contributed by atoms with Gasteiger partial charge in [0.25, 0.3) is 5.91 Å². The third-order valence-corrected chi connectivity index (χ3v) is 1.81. The van der Waals surface area contributed by atoms with Crippen LogP contribution in [-0.4, -0.2) is 5.91 Å². The molecule has 0 unspecified atom stereocenters. The van der Waals surface area contributed by atoms with Gasteiger partial charge in [-0.05, 0) is 12.1 Å². The Morgan fingerprint density at radius 3 is 2.50 bits per heavy atom. The molecule has 1 aromatic rings. The number of nitrogens with zero attached hydrogens (tertiary/aromatic N) is 2. The summed E-state index contributed by atoms with van der Waals surface area (Å²) in [7, 11) is 0. The van der Waals surface area contributed by atoms with E-state index < -0.39 is 5.91 Å². The van der Waals surface area contributed by atoms with Gasteiger partial charge in [0, 0.05) is 6.20 Å². The molecule has 3 N–H and O–H groups in total. The molecule has 1 rings (SSSR count). The van der Waals surface area contributed by atoms with Crippen molar-refractivity contribution in [1.29, 1.82) is 10.5 Å². The summed E-state index contributed by atoms with van der Waals surface area (Å²) in [6.45, 7) is 0. The molecule has 0 aliphatic rings.